The molecule has 3 aromatic rings. The van der Waals surface area contributed by atoms with Crippen molar-refractivity contribution >= 4 is 34.7 Å². The van der Waals surface area contributed by atoms with E-state index in [9.17, 15) is 4.79 Å². The second-order valence-electron chi connectivity index (χ2n) is 5.20. The summed E-state index contributed by atoms with van der Waals surface area (Å²) < 4.78 is 5.30. The molecule has 0 saturated carbocycles. The number of benzene rings is 2. The van der Waals surface area contributed by atoms with E-state index >= 15 is 0 Å². The molecule has 0 saturated heterocycles. The normalized spacial score (nSPS) is 10.2. The molecule has 2 aromatic carbocycles. The van der Waals surface area contributed by atoms with Crippen molar-refractivity contribution in [3.8, 4) is 5.75 Å². The number of aromatic nitrogens is 1. The molecule has 0 radical (unpaired) electrons. The van der Waals surface area contributed by atoms with Gasteiger partial charge in [0.15, 0.2) is 0 Å². The number of para-hydroxylation sites is 3. The Hall–Kier alpha value is -3.05. The number of nitrogens with zero attached hydrogens (tertiary/aromatic N) is 1. The van der Waals surface area contributed by atoms with Gasteiger partial charge in [-0.05, 0) is 36.4 Å². The van der Waals surface area contributed by atoms with Crippen molar-refractivity contribution in [3.63, 3.8) is 0 Å². The number of carbonyl (C=O) groups excluding carboxylic acids is 1. The molecule has 0 aliphatic rings. The predicted octanol–water partition coefficient (Wildman–Crippen LogP) is 4.74. The van der Waals surface area contributed by atoms with Crippen molar-refractivity contribution < 1.29 is 9.53 Å². The standard InChI is InChI=1S/C19H16ClN3O2/c1-25-17-10-6-5-9-15(17)22-18-12-13(20)11-16(23-18)19(24)21-14-7-3-2-4-8-14/h2-12H,1H3,(H,21,24)(H,22,23). The second-order valence-corrected chi connectivity index (χ2v) is 5.64. The van der Waals surface area contributed by atoms with Crippen LogP contribution in [-0.2, 0) is 0 Å². The lowest BCUT2D eigenvalue weighted by atomic mass is 10.2. The number of amides is 1. The van der Waals surface area contributed by atoms with Crippen LogP contribution in [0.4, 0.5) is 17.2 Å². The van der Waals surface area contributed by atoms with Gasteiger partial charge in [0.1, 0.15) is 17.3 Å². The van der Waals surface area contributed by atoms with Crippen molar-refractivity contribution in [3.05, 3.63) is 77.4 Å². The number of anilines is 3. The number of hydrogen-bond donors (Lipinski definition) is 2. The van der Waals surface area contributed by atoms with Crippen LogP contribution >= 0.6 is 11.6 Å². The summed E-state index contributed by atoms with van der Waals surface area (Å²) in [5.74, 6) is 0.784. The van der Waals surface area contributed by atoms with Gasteiger partial charge in [-0.3, -0.25) is 4.79 Å². The number of nitrogens with one attached hydrogen (secondary N) is 2. The van der Waals surface area contributed by atoms with Crippen molar-refractivity contribution in [1.82, 2.24) is 4.98 Å². The molecule has 1 aromatic heterocycles. The molecule has 0 aliphatic heterocycles. The predicted molar refractivity (Wildman–Crippen MR) is 99.9 cm³/mol. The first-order valence-corrected chi connectivity index (χ1v) is 7.97. The Morgan fingerprint density at radius 2 is 1.76 bits per heavy atom. The molecular formula is C19H16ClN3O2. The molecule has 1 amide bonds. The maximum atomic E-state index is 12.4. The summed E-state index contributed by atoms with van der Waals surface area (Å²) in [6, 6.07) is 19.8. The third-order valence-electron chi connectivity index (χ3n) is 3.42. The molecule has 0 atom stereocenters. The average molecular weight is 354 g/mol. The maximum Gasteiger partial charge on any atom is 0.274 e. The Bertz CT molecular complexity index is 885. The Morgan fingerprint density at radius 3 is 2.52 bits per heavy atom. The first-order chi connectivity index (χ1) is 12.2. The van der Waals surface area contributed by atoms with E-state index in [1.54, 1.807) is 25.3 Å². The van der Waals surface area contributed by atoms with E-state index in [0.29, 0.717) is 22.3 Å². The van der Waals surface area contributed by atoms with E-state index in [1.165, 1.54) is 6.07 Å². The van der Waals surface area contributed by atoms with Crippen molar-refractivity contribution in [2.45, 2.75) is 0 Å². The van der Waals surface area contributed by atoms with Gasteiger partial charge in [0, 0.05) is 10.7 Å². The van der Waals surface area contributed by atoms with Gasteiger partial charge in [-0.15, -0.1) is 0 Å². The van der Waals surface area contributed by atoms with Crippen molar-refractivity contribution in [2.75, 3.05) is 17.7 Å². The number of halogens is 1. The Kier molecular flexibility index (Phi) is 5.16. The van der Waals surface area contributed by atoms with E-state index in [2.05, 4.69) is 15.6 Å². The number of pyridine rings is 1. The molecule has 2 N–H and O–H groups in total. The van der Waals surface area contributed by atoms with Crippen LogP contribution in [-0.4, -0.2) is 18.0 Å². The molecule has 6 heteroatoms. The topological polar surface area (TPSA) is 63.2 Å². The summed E-state index contributed by atoms with van der Waals surface area (Å²) >= 11 is 6.15. The molecule has 0 fully saturated rings. The van der Waals surface area contributed by atoms with Crippen LogP contribution in [0, 0.1) is 0 Å². The van der Waals surface area contributed by atoms with Gasteiger partial charge in [0.05, 0.1) is 12.8 Å². The van der Waals surface area contributed by atoms with Gasteiger partial charge in [-0.2, -0.15) is 0 Å². The van der Waals surface area contributed by atoms with Crippen LogP contribution in [0.1, 0.15) is 10.5 Å². The smallest absolute Gasteiger partial charge is 0.274 e. The molecule has 0 aliphatic carbocycles. The van der Waals surface area contributed by atoms with Gasteiger partial charge >= 0.3 is 0 Å². The number of carbonyl (C=O) groups is 1. The quantitative estimate of drug-likeness (QED) is 0.695. The first kappa shape index (κ1) is 16.8. The second kappa shape index (κ2) is 7.68. The van der Waals surface area contributed by atoms with Crippen molar-refractivity contribution in [1.29, 1.82) is 0 Å². The zero-order valence-corrected chi connectivity index (χ0v) is 14.2. The molecule has 3 rings (SSSR count). The van der Waals surface area contributed by atoms with E-state index in [-0.39, 0.29) is 11.6 Å². The summed E-state index contributed by atoms with van der Waals surface area (Å²) in [6.07, 6.45) is 0. The summed E-state index contributed by atoms with van der Waals surface area (Å²) in [5.41, 5.74) is 1.64. The lowest BCUT2D eigenvalue weighted by molar-refractivity contribution is 0.102. The largest absolute Gasteiger partial charge is 0.495 e. The van der Waals surface area contributed by atoms with Crippen LogP contribution < -0.4 is 15.4 Å². The van der Waals surface area contributed by atoms with E-state index < -0.39 is 0 Å². The number of ether oxygens (including phenoxy) is 1. The fourth-order valence-electron chi connectivity index (χ4n) is 2.28. The minimum Gasteiger partial charge on any atom is -0.495 e. The number of methoxy groups -OCH3 is 1. The molecule has 5 nitrogen and oxygen atoms in total. The van der Waals surface area contributed by atoms with Crippen molar-refractivity contribution in [2.24, 2.45) is 0 Å². The Balaban J connectivity index is 1.84. The van der Waals surface area contributed by atoms with E-state index in [4.69, 9.17) is 16.3 Å². The number of rotatable bonds is 5. The van der Waals surface area contributed by atoms with Gasteiger partial charge in [0.2, 0.25) is 0 Å². The molecule has 25 heavy (non-hydrogen) atoms. The molecular weight excluding hydrogens is 338 g/mol. The van der Waals surface area contributed by atoms with Crippen LogP contribution in [0.2, 0.25) is 5.02 Å². The lowest BCUT2D eigenvalue weighted by Gasteiger charge is -2.12. The highest BCUT2D eigenvalue weighted by Crippen LogP contribution is 2.27. The molecule has 1 heterocycles. The maximum absolute atomic E-state index is 12.4. The summed E-state index contributed by atoms with van der Waals surface area (Å²) in [4.78, 5) is 16.7. The van der Waals surface area contributed by atoms with Gasteiger partial charge in [-0.1, -0.05) is 41.9 Å². The Labute approximate surface area is 150 Å². The van der Waals surface area contributed by atoms with Gasteiger partial charge in [0.25, 0.3) is 5.91 Å². The summed E-state index contributed by atoms with van der Waals surface area (Å²) in [5, 5.41) is 6.32. The van der Waals surface area contributed by atoms with Crippen LogP contribution in [0.25, 0.3) is 0 Å². The third-order valence-corrected chi connectivity index (χ3v) is 3.64. The minimum atomic E-state index is -0.336. The fraction of sp³-hybridized carbons (Fsp3) is 0.0526. The zero-order valence-electron chi connectivity index (χ0n) is 13.5. The highest BCUT2D eigenvalue weighted by molar-refractivity contribution is 6.31. The van der Waals surface area contributed by atoms with E-state index in [0.717, 1.165) is 5.69 Å². The zero-order chi connectivity index (χ0) is 17.6. The highest BCUT2D eigenvalue weighted by Gasteiger charge is 2.12. The molecule has 0 unspecified atom stereocenters. The summed E-state index contributed by atoms with van der Waals surface area (Å²) in [7, 11) is 1.59. The lowest BCUT2D eigenvalue weighted by Crippen LogP contribution is -2.14. The average Bonchev–Trinajstić information content (AvgIpc) is 2.62. The van der Waals surface area contributed by atoms with Crippen LogP contribution in [0.5, 0.6) is 5.75 Å². The molecule has 0 spiro atoms. The van der Waals surface area contributed by atoms with Crippen LogP contribution in [0.15, 0.2) is 66.7 Å². The summed E-state index contributed by atoms with van der Waals surface area (Å²) in [6.45, 7) is 0. The fourth-order valence-corrected chi connectivity index (χ4v) is 2.49. The van der Waals surface area contributed by atoms with Crippen LogP contribution in [0.3, 0.4) is 0 Å². The third kappa shape index (κ3) is 4.28. The molecule has 126 valence electrons. The van der Waals surface area contributed by atoms with Gasteiger partial charge < -0.3 is 15.4 Å². The van der Waals surface area contributed by atoms with E-state index in [1.807, 2.05) is 42.5 Å². The highest BCUT2D eigenvalue weighted by atomic mass is 35.5. The first-order valence-electron chi connectivity index (χ1n) is 7.60. The monoisotopic (exact) mass is 353 g/mol. The minimum absolute atomic E-state index is 0.216. The SMILES string of the molecule is COc1ccccc1Nc1cc(Cl)cc(C(=O)Nc2ccccc2)n1. The van der Waals surface area contributed by atoms with Gasteiger partial charge in [-0.25, -0.2) is 4.98 Å². The molecule has 0 bridgehead atoms. The number of hydrogen-bond acceptors (Lipinski definition) is 4. The Morgan fingerprint density at radius 1 is 1.04 bits per heavy atom.